The molecule has 3 heterocycles. The number of hydrogen-bond donors (Lipinski definition) is 1. The number of likely N-dealkylation sites (tertiary alicyclic amines) is 1. The molecule has 23 heavy (non-hydrogen) atoms. The van der Waals surface area contributed by atoms with Crippen molar-refractivity contribution in [3.8, 4) is 0 Å². The lowest BCUT2D eigenvalue weighted by atomic mass is 9.93. The molecule has 0 aliphatic carbocycles. The molecule has 2 fully saturated rings. The lowest BCUT2D eigenvalue weighted by molar-refractivity contribution is 0.00496. The summed E-state index contributed by atoms with van der Waals surface area (Å²) in [7, 11) is 1.71. The first-order valence-corrected chi connectivity index (χ1v) is 7.80. The second-order valence-corrected chi connectivity index (χ2v) is 6.54. The summed E-state index contributed by atoms with van der Waals surface area (Å²) in [5.74, 6) is 0.420. The first kappa shape index (κ1) is 15.6. The number of nitrogens with zero attached hydrogens (tertiary/aromatic N) is 5. The van der Waals surface area contributed by atoms with Gasteiger partial charge in [0.05, 0.1) is 19.3 Å². The van der Waals surface area contributed by atoms with E-state index in [1.54, 1.807) is 27.7 Å². The van der Waals surface area contributed by atoms with E-state index in [1.165, 1.54) is 0 Å². The van der Waals surface area contributed by atoms with Gasteiger partial charge in [-0.15, -0.1) is 5.10 Å². The van der Waals surface area contributed by atoms with Crippen LogP contribution in [0, 0.1) is 0 Å². The minimum Gasteiger partial charge on any atom is -0.439 e. The summed E-state index contributed by atoms with van der Waals surface area (Å²) < 4.78 is 7.18. The lowest BCUT2D eigenvalue weighted by Crippen LogP contribution is -2.53. The van der Waals surface area contributed by atoms with E-state index in [-0.39, 0.29) is 18.2 Å². The molecule has 1 aromatic heterocycles. The zero-order valence-electron chi connectivity index (χ0n) is 13.7. The van der Waals surface area contributed by atoms with Crippen molar-refractivity contribution in [1.29, 1.82) is 0 Å². The second kappa shape index (κ2) is 5.71. The molecule has 126 valence electrons. The molecule has 2 aliphatic heterocycles. The van der Waals surface area contributed by atoms with Crippen LogP contribution >= 0.6 is 0 Å². The largest absolute Gasteiger partial charge is 0.439 e. The average molecular weight is 322 g/mol. The van der Waals surface area contributed by atoms with Crippen molar-refractivity contribution in [3.05, 3.63) is 6.20 Å². The number of piperidine rings is 1. The maximum absolute atomic E-state index is 12.4. The highest BCUT2D eigenvalue weighted by atomic mass is 16.6. The Labute approximate surface area is 134 Å². The highest BCUT2D eigenvalue weighted by Crippen LogP contribution is 2.31. The highest BCUT2D eigenvalue weighted by molar-refractivity contribution is 5.88. The van der Waals surface area contributed by atoms with Gasteiger partial charge in [0.2, 0.25) is 0 Å². The topological polar surface area (TPSA) is 92.6 Å². The van der Waals surface area contributed by atoms with Gasteiger partial charge in [0.1, 0.15) is 5.60 Å². The van der Waals surface area contributed by atoms with Crippen LogP contribution in [0.4, 0.5) is 15.4 Å². The van der Waals surface area contributed by atoms with Gasteiger partial charge in [0, 0.05) is 19.6 Å². The van der Waals surface area contributed by atoms with E-state index in [4.69, 9.17) is 4.74 Å². The van der Waals surface area contributed by atoms with Crippen molar-refractivity contribution in [2.24, 2.45) is 0 Å². The summed E-state index contributed by atoms with van der Waals surface area (Å²) >= 11 is 0. The van der Waals surface area contributed by atoms with E-state index < -0.39 is 5.60 Å². The Morgan fingerprint density at radius 2 is 2.22 bits per heavy atom. The number of aromatic nitrogens is 3. The third-order valence-electron chi connectivity index (χ3n) is 4.24. The van der Waals surface area contributed by atoms with Gasteiger partial charge in [-0.05, 0) is 26.7 Å². The zero-order valence-corrected chi connectivity index (χ0v) is 13.7. The van der Waals surface area contributed by atoms with Crippen molar-refractivity contribution in [3.63, 3.8) is 0 Å². The van der Waals surface area contributed by atoms with Crippen LogP contribution in [-0.4, -0.2) is 69.2 Å². The number of ether oxygens (including phenoxy) is 1. The summed E-state index contributed by atoms with van der Waals surface area (Å²) in [5.41, 5.74) is -0.586. The lowest BCUT2D eigenvalue weighted by Gasteiger charge is -2.38. The van der Waals surface area contributed by atoms with Crippen LogP contribution in [0.3, 0.4) is 0 Å². The predicted molar refractivity (Wildman–Crippen MR) is 82.1 cm³/mol. The summed E-state index contributed by atoms with van der Waals surface area (Å²) in [5, 5.41) is 10.7. The minimum atomic E-state index is -0.586. The standard InChI is InChI=1S/C14H22N6O3/c1-10(2)20-7-11(16-17-20)15-12(21)19-6-4-5-14(9-19)8-18(3)13(22)23-14/h7,10H,4-6,8-9H2,1-3H3,(H,15,21)/t14-/m1/s1. The fourth-order valence-electron chi connectivity index (χ4n) is 3.05. The molecule has 1 atom stereocenters. The van der Waals surface area contributed by atoms with Gasteiger partial charge in [-0.1, -0.05) is 5.21 Å². The van der Waals surface area contributed by atoms with E-state index in [0.29, 0.717) is 25.5 Å². The van der Waals surface area contributed by atoms with Gasteiger partial charge in [0.25, 0.3) is 0 Å². The third-order valence-corrected chi connectivity index (χ3v) is 4.24. The van der Waals surface area contributed by atoms with E-state index in [0.717, 1.165) is 12.8 Å². The first-order chi connectivity index (χ1) is 10.9. The summed E-state index contributed by atoms with van der Waals surface area (Å²) in [6.45, 7) is 5.51. The maximum atomic E-state index is 12.4. The number of urea groups is 1. The molecule has 9 nitrogen and oxygen atoms in total. The number of carbonyl (C=O) groups excluding carboxylic acids is 2. The van der Waals surface area contributed by atoms with E-state index in [9.17, 15) is 9.59 Å². The third kappa shape index (κ3) is 3.08. The molecule has 0 aromatic carbocycles. The van der Waals surface area contributed by atoms with Gasteiger partial charge in [-0.25, -0.2) is 14.3 Å². The van der Waals surface area contributed by atoms with Gasteiger partial charge in [-0.3, -0.25) is 5.32 Å². The van der Waals surface area contributed by atoms with Crippen molar-refractivity contribution >= 4 is 17.9 Å². The van der Waals surface area contributed by atoms with Crippen LogP contribution in [0.15, 0.2) is 6.20 Å². The van der Waals surface area contributed by atoms with Crippen molar-refractivity contribution in [1.82, 2.24) is 24.8 Å². The van der Waals surface area contributed by atoms with E-state index >= 15 is 0 Å². The van der Waals surface area contributed by atoms with Crippen molar-refractivity contribution in [2.45, 2.75) is 38.3 Å². The molecule has 3 amide bonds. The number of hydrogen-bond acceptors (Lipinski definition) is 5. The van der Waals surface area contributed by atoms with Gasteiger partial charge in [-0.2, -0.15) is 0 Å². The molecule has 1 spiro atoms. The van der Waals surface area contributed by atoms with Crippen LogP contribution in [0.25, 0.3) is 0 Å². The Morgan fingerprint density at radius 3 is 2.83 bits per heavy atom. The monoisotopic (exact) mass is 322 g/mol. The number of rotatable bonds is 2. The molecule has 9 heteroatoms. The number of nitrogens with one attached hydrogen (secondary N) is 1. The number of anilines is 1. The highest BCUT2D eigenvalue weighted by Gasteiger charge is 2.47. The SMILES string of the molecule is CC(C)n1cc(NC(=O)N2CCC[C@@]3(CN(C)C(=O)O3)C2)nn1. The Kier molecular flexibility index (Phi) is 3.87. The molecule has 3 rings (SSSR count). The minimum absolute atomic E-state index is 0.180. The van der Waals surface area contributed by atoms with E-state index in [1.807, 2.05) is 13.8 Å². The van der Waals surface area contributed by atoms with Crippen LogP contribution in [0.2, 0.25) is 0 Å². The second-order valence-electron chi connectivity index (χ2n) is 6.54. The Hall–Kier alpha value is -2.32. The molecular weight excluding hydrogens is 300 g/mol. The number of amides is 3. The maximum Gasteiger partial charge on any atom is 0.410 e. The van der Waals surface area contributed by atoms with Crippen LogP contribution in [-0.2, 0) is 4.74 Å². The normalized spacial score (nSPS) is 24.4. The fourth-order valence-corrected chi connectivity index (χ4v) is 3.05. The number of carbonyl (C=O) groups is 2. The molecule has 1 N–H and O–H groups in total. The summed E-state index contributed by atoms with van der Waals surface area (Å²) in [4.78, 5) is 27.3. The molecule has 2 saturated heterocycles. The van der Waals surface area contributed by atoms with Gasteiger partial charge in [0.15, 0.2) is 5.82 Å². The number of likely N-dealkylation sites (N-methyl/N-ethyl adjacent to an activating group) is 1. The van der Waals surface area contributed by atoms with Crippen LogP contribution < -0.4 is 5.32 Å². The zero-order chi connectivity index (χ0) is 16.6. The smallest absolute Gasteiger partial charge is 0.410 e. The molecule has 2 aliphatic rings. The predicted octanol–water partition coefficient (Wildman–Crippen LogP) is 1.31. The van der Waals surface area contributed by atoms with Crippen LogP contribution in [0.1, 0.15) is 32.7 Å². The molecule has 1 aromatic rings. The Bertz CT molecular complexity index is 615. The molecule has 0 bridgehead atoms. The Balaban J connectivity index is 1.64. The average Bonchev–Trinajstić information content (AvgIpc) is 3.05. The summed E-state index contributed by atoms with van der Waals surface area (Å²) in [6, 6.07) is -0.0645. The quantitative estimate of drug-likeness (QED) is 0.886. The molecule has 0 radical (unpaired) electrons. The van der Waals surface area contributed by atoms with Gasteiger partial charge < -0.3 is 14.5 Å². The Morgan fingerprint density at radius 1 is 1.43 bits per heavy atom. The molecule has 0 unspecified atom stereocenters. The first-order valence-electron chi connectivity index (χ1n) is 7.80. The van der Waals surface area contributed by atoms with Crippen molar-refractivity contribution in [2.75, 3.05) is 32.0 Å². The summed E-state index contributed by atoms with van der Waals surface area (Å²) in [6.07, 6.45) is 2.95. The van der Waals surface area contributed by atoms with E-state index in [2.05, 4.69) is 15.6 Å². The molecular formula is C14H22N6O3. The van der Waals surface area contributed by atoms with Crippen molar-refractivity contribution < 1.29 is 14.3 Å². The van der Waals surface area contributed by atoms with Gasteiger partial charge >= 0.3 is 12.1 Å². The molecule has 0 saturated carbocycles. The van der Waals surface area contributed by atoms with Crippen LogP contribution in [0.5, 0.6) is 0 Å². The fraction of sp³-hybridized carbons (Fsp3) is 0.714.